The predicted octanol–water partition coefficient (Wildman–Crippen LogP) is 2.99. The van der Waals surface area contributed by atoms with Gasteiger partial charge in [-0.1, -0.05) is 41.4 Å². The molecule has 7 heteroatoms. The number of halogens is 2. The van der Waals surface area contributed by atoms with Crippen molar-refractivity contribution in [2.75, 3.05) is 11.9 Å². The summed E-state index contributed by atoms with van der Waals surface area (Å²) in [5.74, 6) is -0.0606. The van der Waals surface area contributed by atoms with E-state index in [1.165, 1.54) is 0 Å². The highest BCUT2D eigenvalue weighted by molar-refractivity contribution is 6.44. The van der Waals surface area contributed by atoms with Gasteiger partial charge in [-0.2, -0.15) is 0 Å². The Bertz CT molecular complexity index is 848. The number of allylic oxidation sites excluding steroid dienone is 2. The number of hydrogen-bond donors (Lipinski definition) is 1. The second kappa shape index (κ2) is 5.57. The topological polar surface area (TPSA) is 66.5 Å². The van der Waals surface area contributed by atoms with Gasteiger partial charge in [-0.3, -0.25) is 19.3 Å². The van der Waals surface area contributed by atoms with E-state index in [1.54, 1.807) is 18.2 Å². The average molecular weight is 391 g/mol. The number of amides is 3. The van der Waals surface area contributed by atoms with E-state index < -0.39 is 5.91 Å². The quantitative estimate of drug-likeness (QED) is 0.637. The summed E-state index contributed by atoms with van der Waals surface area (Å²) < 4.78 is 0. The Labute approximate surface area is 160 Å². The number of carbonyl (C=O) groups excluding carboxylic acids is 3. The Balaban J connectivity index is 1.34. The van der Waals surface area contributed by atoms with E-state index >= 15 is 0 Å². The van der Waals surface area contributed by atoms with Crippen LogP contribution in [-0.4, -0.2) is 29.2 Å². The lowest BCUT2D eigenvalue weighted by atomic mass is 9.63. The zero-order valence-corrected chi connectivity index (χ0v) is 15.2. The van der Waals surface area contributed by atoms with Crippen LogP contribution >= 0.6 is 23.2 Å². The Morgan fingerprint density at radius 1 is 1.08 bits per heavy atom. The highest BCUT2D eigenvalue weighted by Gasteiger charge is 2.67. The van der Waals surface area contributed by atoms with Crippen molar-refractivity contribution in [2.24, 2.45) is 35.5 Å². The van der Waals surface area contributed by atoms with Gasteiger partial charge < -0.3 is 5.32 Å². The maximum Gasteiger partial charge on any atom is 0.244 e. The zero-order valence-electron chi connectivity index (χ0n) is 13.7. The summed E-state index contributed by atoms with van der Waals surface area (Å²) in [6.07, 6.45) is 5.34. The summed E-state index contributed by atoms with van der Waals surface area (Å²) in [7, 11) is 0. The molecule has 3 amide bonds. The Morgan fingerprint density at radius 2 is 1.69 bits per heavy atom. The van der Waals surface area contributed by atoms with Gasteiger partial charge in [0.15, 0.2) is 0 Å². The molecular formula is C19H16Cl2N2O3. The van der Waals surface area contributed by atoms with Gasteiger partial charge in [-0.05, 0) is 42.2 Å². The minimum absolute atomic E-state index is 0.155. The highest BCUT2D eigenvalue weighted by atomic mass is 35.5. The van der Waals surface area contributed by atoms with E-state index in [0.717, 1.165) is 11.3 Å². The SMILES string of the molecule is O=C(CN1C(=O)[C@@H]2[C@H]3C=C[C@@H]([C@@H]4C[C@H]34)[C@H]2C1=O)Nc1cccc(Cl)c1Cl. The van der Waals surface area contributed by atoms with E-state index in [-0.39, 0.29) is 47.1 Å². The molecule has 4 aliphatic carbocycles. The van der Waals surface area contributed by atoms with Crippen LogP contribution < -0.4 is 5.32 Å². The highest BCUT2D eigenvalue weighted by Crippen LogP contribution is 2.65. The van der Waals surface area contributed by atoms with E-state index in [4.69, 9.17) is 23.2 Å². The smallest absolute Gasteiger partial charge is 0.244 e. The van der Waals surface area contributed by atoms with Crippen molar-refractivity contribution < 1.29 is 14.4 Å². The van der Waals surface area contributed by atoms with Crippen LogP contribution in [0.3, 0.4) is 0 Å². The predicted molar refractivity (Wildman–Crippen MR) is 96.5 cm³/mol. The summed E-state index contributed by atoms with van der Waals surface area (Å²) in [6.45, 7) is -0.289. The lowest BCUT2D eigenvalue weighted by Gasteiger charge is -2.37. The maximum atomic E-state index is 12.9. The van der Waals surface area contributed by atoms with Crippen molar-refractivity contribution >= 4 is 46.6 Å². The largest absolute Gasteiger partial charge is 0.323 e. The minimum Gasteiger partial charge on any atom is -0.323 e. The van der Waals surface area contributed by atoms with Gasteiger partial charge in [0.25, 0.3) is 0 Å². The first kappa shape index (κ1) is 16.3. The molecule has 1 aromatic rings. The number of carbonyl (C=O) groups is 3. The van der Waals surface area contributed by atoms with Crippen molar-refractivity contribution in [3.63, 3.8) is 0 Å². The zero-order chi connectivity index (χ0) is 18.2. The van der Waals surface area contributed by atoms with Gasteiger partial charge in [-0.25, -0.2) is 0 Å². The van der Waals surface area contributed by atoms with Crippen LogP contribution in [0.1, 0.15) is 6.42 Å². The molecule has 1 heterocycles. The fourth-order valence-electron chi connectivity index (χ4n) is 5.11. The van der Waals surface area contributed by atoms with Gasteiger partial charge in [0, 0.05) is 0 Å². The molecule has 5 aliphatic rings. The molecule has 1 saturated heterocycles. The van der Waals surface area contributed by atoms with Crippen molar-refractivity contribution in [3.8, 4) is 0 Å². The number of imide groups is 1. The first-order valence-electron chi connectivity index (χ1n) is 8.75. The molecule has 134 valence electrons. The third kappa shape index (κ3) is 2.20. The monoisotopic (exact) mass is 390 g/mol. The third-order valence-electron chi connectivity index (χ3n) is 6.28. The molecule has 0 radical (unpaired) electrons. The van der Waals surface area contributed by atoms with Crippen molar-refractivity contribution in [1.29, 1.82) is 0 Å². The normalized spacial score (nSPS) is 36.2. The molecule has 1 aromatic carbocycles. The number of nitrogens with one attached hydrogen (secondary N) is 1. The Kier molecular flexibility index (Phi) is 3.50. The van der Waals surface area contributed by atoms with Crippen LogP contribution in [0.5, 0.6) is 0 Å². The molecule has 2 bridgehead atoms. The van der Waals surface area contributed by atoms with Crippen LogP contribution in [0.2, 0.25) is 10.0 Å². The second-order valence-electron chi connectivity index (χ2n) is 7.57. The van der Waals surface area contributed by atoms with E-state index in [2.05, 4.69) is 17.5 Å². The van der Waals surface area contributed by atoms with Gasteiger partial charge in [0.2, 0.25) is 17.7 Å². The molecule has 6 atom stereocenters. The molecule has 2 saturated carbocycles. The summed E-state index contributed by atoms with van der Waals surface area (Å²) in [6, 6.07) is 4.91. The van der Waals surface area contributed by atoms with Gasteiger partial charge in [-0.15, -0.1) is 0 Å². The van der Waals surface area contributed by atoms with E-state index in [0.29, 0.717) is 22.5 Å². The van der Waals surface area contributed by atoms with Crippen molar-refractivity contribution in [3.05, 3.63) is 40.4 Å². The van der Waals surface area contributed by atoms with E-state index in [1.807, 2.05) is 0 Å². The summed E-state index contributed by atoms with van der Waals surface area (Å²) in [4.78, 5) is 39.2. The Hall–Kier alpha value is -1.85. The fourth-order valence-corrected chi connectivity index (χ4v) is 5.46. The minimum atomic E-state index is -0.458. The number of nitrogens with zero attached hydrogens (tertiary/aromatic N) is 1. The first-order chi connectivity index (χ1) is 12.5. The number of anilines is 1. The summed E-state index contributed by atoms with van der Waals surface area (Å²) in [5.41, 5.74) is 0.364. The Morgan fingerprint density at radius 3 is 2.31 bits per heavy atom. The average Bonchev–Trinajstić information content (AvgIpc) is 3.40. The molecule has 1 aliphatic heterocycles. The van der Waals surface area contributed by atoms with Crippen molar-refractivity contribution in [1.82, 2.24) is 4.90 Å². The second-order valence-corrected chi connectivity index (χ2v) is 8.35. The van der Waals surface area contributed by atoms with Crippen LogP contribution in [-0.2, 0) is 14.4 Å². The van der Waals surface area contributed by atoms with Gasteiger partial charge in [0.05, 0.1) is 27.6 Å². The van der Waals surface area contributed by atoms with Crippen molar-refractivity contribution in [2.45, 2.75) is 6.42 Å². The number of rotatable bonds is 3. The fraction of sp³-hybridized carbons (Fsp3) is 0.421. The van der Waals surface area contributed by atoms with Crippen LogP contribution in [0.15, 0.2) is 30.4 Å². The molecule has 26 heavy (non-hydrogen) atoms. The lowest BCUT2D eigenvalue weighted by Crippen LogP contribution is -2.40. The summed E-state index contributed by atoms with van der Waals surface area (Å²) >= 11 is 12.0. The molecule has 0 spiro atoms. The standard InChI is InChI=1S/C19H16Cl2N2O3/c20-12-2-1-3-13(17(12)21)22-14(24)7-23-18(25)15-8-4-5-9(11-6-10(8)11)16(15)19(23)26/h1-5,8-11,15-16H,6-7H2,(H,22,24)/t8-,9-,10-,11+,15+,16+/m0/s1. The number of hydrogen-bond acceptors (Lipinski definition) is 3. The first-order valence-corrected chi connectivity index (χ1v) is 9.50. The molecule has 3 fully saturated rings. The molecule has 5 nitrogen and oxygen atoms in total. The molecule has 0 aromatic heterocycles. The van der Waals surface area contributed by atoms with E-state index in [9.17, 15) is 14.4 Å². The third-order valence-corrected chi connectivity index (χ3v) is 7.10. The lowest BCUT2D eigenvalue weighted by molar-refractivity contribution is -0.142. The van der Waals surface area contributed by atoms with Crippen LogP contribution in [0, 0.1) is 35.5 Å². The van der Waals surface area contributed by atoms with Crippen LogP contribution in [0.4, 0.5) is 5.69 Å². The van der Waals surface area contributed by atoms with Gasteiger partial charge >= 0.3 is 0 Å². The molecule has 0 unspecified atom stereocenters. The number of benzene rings is 1. The number of likely N-dealkylation sites (tertiary alicyclic amines) is 1. The maximum absolute atomic E-state index is 12.9. The summed E-state index contributed by atoms with van der Waals surface area (Å²) in [5, 5.41) is 3.20. The molecule has 6 rings (SSSR count). The van der Waals surface area contributed by atoms with Gasteiger partial charge in [0.1, 0.15) is 6.54 Å². The molecular weight excluding hydrogens is 375 g/mol. The van der Waals surface area contributed by atoms with Crippen LogP contribution in [0.25, 0.3) is 0 Å². The molecule has 1 N–H and O–H groups in total.